The molecule has 0 radical (unpaired) electrons. The summed E-state index contributed by atoms with van der Waals surface area (Å²) < 4.78 is 0. The van der Waals surface area contributed by atoms with Crippen molar-refractivity contribution in [3.05, 3.63) is 0 Å². The summed E-state index contributed by atoms with van der Waals surface area (Å²) in [6.45, 7) is 8.54. The Morgan fingerprint density at radius 2 is 1.93 bits per heavy atom. The molecule has 3 nitrogen and oxygen atoms in total. The Morgan fingerprint density at radius 1 is 1.43 bits per heavy atom. The third kappa shape index (κ3) is 2.27. The van der Waals surface area contributed by atoms with Crippen molar-refractivity contribution in [2.75, 3.05) is 19.6 Å². The topological polar surface area (TPSA) is 40.5 Å². The zero-order valence-electron chi connectivity index (χ0n) is 9.42. The number of hydrogen-bond acceptors (Lipinski definition) is 2. The first kappa shape index (κ1) is 11.5. The Bertz CT molecular complexity index is 201. The predicted molar refractivity (Wildman–Crippen MR) is 56.3 cm³/mol. The average Bonchev–Trinajstić information content (AvgIpc) is 2.01. The predicted octanol–water partition coefficient (Wildman–Crippen LogP) is 1.83. The van der Waals surface area contributed by atoms with Crippen LogP contribution < -0.4 is 0 Å². The first-order valence-electron chi connectivity index (χ1n) is 5.54. The Kier molecular flexibility index (Phi) is 3.53. The molecule has 0 atom stereocenters. The van der Waals surface area contributed by atoms with E-state index in [0.29, 0.717) is 5.41 Å². The fourth-order valence-corrected chi connectivity index (χ4v) is 2.88. The van der Waals surface area contributed by atoms with Gasteiger partial charge in [0.2, 0.25) is 0 Å². The van der Waals surface area contributed by atoms with Gasteiger partial charge in [-0.3, -0.25) is 9.69 Å². The van der Waals surface area contributed by atoms with Gasteiger partial charge in [-0.15, -0.1) is 0 Å². The molecule has 2 fully saturated rings. The molecule has 1 N–H and O–H groups in total. The van der Waals surface area contributed by atoms with E-state index in [0.717, 1.165) is 19.0 Å². The molecule has 0 unspecified atom stereocenters. The van der Waals surface area contributed by atoms with Gasteiger partial charge in [0.15, 0.2) is 0 Å². The van der Waals surface area contributed by atoms with Crippen LogP contribution in [0.4, 0.5) is 0 Å². The lowest BCUT2D eigenvalue weighted by Gasteiger charge is -2.58. The molecular formula is C11H21NO2. The van der Waals surface area contributed by atoms with Gasteiger partial charge in [0, 0.05) is 13.1 Å². The molecule has 0 bridgehead atoms. The monoisotopic (exact) mass is 199 g/mol. The number of hydrogen-bond donors (Lipinski definition) is 1. The lowest BCUT2D eigenvalue weighted by atomic mass is 9.58. The van der Waals surface area contributed by atoms with Crippen LogP contribution in [0.1, 0.15) is 33.6 Å². The van der Waals surface area contributed by atoms with Gasteiger partial charge in [-0.1, -0.05) is 20.8 Å². The highest BCUT2D eigenvalue weighted by atomic mass is 16.4. The van der Waals surface area contributed by atoms with E-state index in [4.69, 9.17) is 5.11 Å². The van der Waals surface area contributed by atoms with E-state index in [1.165, 1.54) is 12.8 Å². The van der Waals surface area contributed by atoms with Gasteiger partial charge in [0.05, 0.1) is 6.54 Å². The third-order valence-electron chi connectivity index (χ3n) is 3.04. The molecule has 1 spiro atoms. The average molecular weight is 199 g/mol. The summed E-state index contributed by atoms with van der Waals surface area (Å²) in [5, 5.41) is 8.52. The summed E-state index contributed by atoms with van der Waals surface area (Å²) >= 11 is 0. The van der Waals surface area contributed by atoms with Crippen LogP contribution >= 0.6 is 0 Å². The molecule has 0 aromatic rings. The van der Waals surface area contributed by atoms with Crippen LogP contribution in [0.3, 0.4) is 0 Å². The van der Waals surface area contributed by atoms with Crippen LogP contribution in [0, 0.1) is 11.3 Å². The first-order valence-corrected chi connectivity index (χ1v) is 5.54. The Balaban J connectivity index is 0.000000461. The van der Waals surface area contributed by atoms with Crippen LogP contribution in [0.5, 0.6) is 0 Å². The van der Waals surface area contributed by atoms with E-state index >= 15 is 0 Å². The fraction of sp³-hybridized carbons (Fsp3) is 0.909. The third-order valence-corrected chi connectivity index (χ3v) is 3.04. The molecule has 0 aromatic carbocycles. The standard InChI is InChI=1S/C9H15NO2.C2H6/c1-7-2-9(3-7)5-10(6-9)4-8(11)12;1-2/h7H,2-6H2,1H3,(H,11,12);1-2H3. The number of carboxylic acids is 1. The number of nitrogens with zero attached hydrogens (tertiary/aromatic N) is 1. The van der Waals surface area contributed by atoms with Gasteiger partial charge in [-0.25, -0.2) is 0 Å². The highest BCUT2D eigenvalue weighted by molar-refractivity contribution is 5.69. The number of aliphatic carboxylic acids is 1. The van der Waals surface area contributed by atoms with Gasteiger partial charge in [-0.2, -0.15) is 0 Å². The van der Waals surface area contributed by atoms with Crippen LogP contribution in [0.25, 0.3) is 0 Å². The maximum absolute atomic E-state index is 10.3. The molecule has 2 rings (SSSR count). The van der Waals surface area contributed by atoms with E-state index in [2.05, 4.69) is 6.92 Å². The van der Waals surface area contributed by atoms with Crippen molar-refractivity contribution in [1.82, 2.24) is 4.90 Å². The van der Waals surface area contributed by atoms with Crippen molar-refractivity contribution in [1.29, 1.82) is 0 Å². The minimum atomic E-state index is -0.697. The zero-order valence-corrected chi connectivity index (χ0v) is 9.42. The van der Waals surface area contributed by atoms with Crippen LogP contribution in [0.15, 0.2) is 0 Å². The van der Waals surface area contributed by atoms with Crippen molar-refractivity contribution in [3.63, 3.8) is 0 Å². The van der Waals surface area contributed by atoms with E-state index in [-0.39, 0.29) is 6.54 Å². The molecule has 0 aromatic heterocycles. The number of carbonyl (C=O) groups is 1. The maximum Gasteiger partial charge on any atom is 0.317 e. The van der Waals surface area contributed by atoms with Crippen molar-refractivity contribution in [2.45, 2.75) is 33.6 Å². The van der Waals surface area contributed by atoms with E-state index < -0.39 is 5.97 Å². The highest BCUT2D eigenvalue weighted by Crippen LogP contribution is 2.51. The van der Waals surface area contributed by atoms with Crippen LogP contribution in [-0.2, 0) is 4.79 Å². The van der Waals surface area contributed by atoms with Crippen molar-refractivity contribution in [3.8, 4) is 0 Å². The van der Waals surface area contributed by atoms with Gasteiger partial charge in [0.1, 0.15) is 0 Å². The largest absolute Gasteiger partial charge is 0.480 e. The lowest BCUT2D eigenvalue weighted by molar-refractivity contribution is -0.146. The van der Waals surface area contributed by atoms with E-state index in [9.17, 15) is 4.79 Å². The summed E-state index contributed by atoms with van der Waals surface area (Å²) in [7, 11) is 0. The zero-order chi connectivity index (χ0) is 10.8. The minimum absolute atomic E-state index is 0.232. The molecule has 2 aliphatic rings. The molecule has 82 valence electrons. The van der Waals surface area contributed by atoms with E-state index in [1.807, 2.05) is 18.7 Å². The number of rotatable bonds is 2. The number of likely N-dealkylation sites (tertiary alicyclic amines) is 1. The second-order valence-electron chi connectivity index (χ2n) is 4.55. The molecule has 3 heteroatoms. The fourth-order valence-electron chi connectivity index (χ4n) is 2.88. The van der Waals surface area contributed by atoms with E-state index in [1.54, 1.807) is 0 Å². The molecule has 14 heavy (non-hydrogen) atoms. The highest BCUT2D eigenvalue weighted by Gasteiger charge is 2.50. The van der Waals surface area contributed by atoms with Crippen molar-refractivity contribution < 1.29 is 9.90 Å². The lowest BCUT2D eigenvalue weighted by Crippen LogP contribution is -2.62. The summed E-state index contributed by atoms with van der Waals surface area (Å²) in [5.41, 5.74) is 0.537. The second-order valence-corrected chi connectivity index (χ2v) is 4.55. The van der Waals surface area contributed by atoms with Crippen molar-refractivity contribution >= 4 is 5.97 Å². The summed E-state index contributed by atoms with van der Waals surface area (Å²) in [4.78, 5) is 12.4. The Hall–Kier alpha value is -0.570. The summed E-state index contributed by atoms with van der Waals surface area (Å²) in [6, 6.07) is 0. The van der Waals surface area contributed by atoms with Gasteiger partial charge < -0.3 is 5.11 Å². The minimum Gasteiger partial charge on any atom is -0.480 e. The second kappa shape index (κ2) is 4.30. The summed E-state index contributed by atoms with van der Waals surface area (Å²) in [5.74, 6) is 0.175. The molecule has 0 amide bonds. The molecule has 1 aliphatic carbocycles. The smallest absolute Gasteiger partial charge is 0.317 e. The molecule has 1 aliphatic heterocycles. The molecule has 1 saturated heterocycles. The maximum atomic E-state index is 10.3. The Labute approximate surface area is 86.1 Å². The van der Waals surface area contributed by atoms with Gasteiger partial charge in [0.25, 0.3) is 0 Å². The van der Waals surface area contributed by atoms with Crippen LogP contribution in [-0.4, -0.2) is 35.6 Å². The molecular weight excluding hydrogens is 178 g/mol. The van der Waals surface area contributed by atoms with Gasteiger partial charge in [-0.05, 0) is 24.2 Å². The Morgan fingerprint density at radius 3 is 2.29 bits per heavy atom. The molecule has 1 saturated carbocycles. The van der Waals surface area contributed by atoms with Crippen molar-refractivity contribution in [2.24, 2.45) is 11.3 Å². The first-order chi connectivity index (χ1) is 6.60. The van der Waals surface area contributed by atoms with Crippen LogP contribution in [0.2, 0.25) is 0 Å². The molecule has 1 heterocycles. The number of carboxylic acid groups (broad SMARTS) is 1. The SMILES string of the molecule is CC.CC1CC2(C1)CN(CC(=O)O)C2. The summed E-state index contributed by atoms with van der Waals surface area (Å²) in [6.07, 6.45) is 2.62. The quantitative estimate of drug-likeness (QED) is 0.737. The normalized spacial score (nSPS) is 24.5. The van der Waals surface area contributed by atoms with Gasteiger partial charge >= 0.3 is 5.97 Å².